The van der Waals surface area contributed by atoms with E-state index in [4.69, 9.17) is 0 Å². The molecule has 7 nitrogen and oxygen atoms in total. The number of rotatable bonds is 5. The van der Waals surface area contributed by atoms with Crippen molar-refractivity contribution >= 4 is 27.5 Å². The Morgan fingerprint density at radius 1 is 1.41 bits per heavy atom. The molecule has 2 rings (SSSR count). The molecule has 0 saturated carbocycles. The van der Waals surface area contributed by atoms with Gasteiger partial charge < -0.3 is 10.6 Å². The smallest absolute Gasteiger partial charge is 0.241 e. The number of nitrogens with one attached hydrogen (secondary N) is 3. The van der Waals surface area contributed by atoms with Gasteiger partial charge in [-0.25, -0.2) is 8.42 Å². The lowest BCUT2D eigenvalue weighted by molar-refractivity contribution is -0.122. The number of sulfonamides is 1. The van der Waals surface area contributed by atoms with Crippen molar-refractivity contribution < 1.29 is 18.0 Å². The van der Waals surface area contributed by atoms with Crippen molar-refractivity contribution in [1.29, 1.82) is 0 Å². The van der Waals surface area contributed by atoms with Gasteiger partial charge in [0.2, 0.25) is 21.8 Å². The monoisotopic (exact) mass is 325 g/mol. The fourth-order valence-electron chi connectivity index (χ4n) is 2.24. The van der Waals surface area contributed by atoms with Crippen LogP contribution < -0.4 is 15.4 Å². The van der Waals surface area contributed by atoms with Crippen molar-refractivity contribution in [3.8, 4) is 0 Å². The standard InChI is InChI=1S/C14H19N3O4S/c1-4-15-14(19)9(3)17-22(20,21)10-5-6-12-11(7-10)8(2)13(18)16-12/h5-9,17H,4H2,1-3H3,(H,15,19)(H,16,18)/t8-,9-/m0/s1. The lowest BCUT2D eigenvalue weighted by atomic mass is 10.0. The summed E-state index contributed by atoms with van der Waals surface area (Å²) in [5, 5.41) is 5.24. The molecule has 1 aromatic carbocycles. The van der Waals surface area contributed by atoms with Gasteiger partial charge in [-0.2, -0.15) is 4.72 Å². The number of carbonyl (C=O) groups is 2. The van der Waals surface area contributed by atoms with E-state index < -0.39 is 27.9 Å². The second-order valence-electron chi connectivity index (χ2n) is 5.20. The highest BCUT2D eigenvalue weighted by Crippen LogP contribution is 2.33. The highest BCUT2D eigenvalue weighted by Gasteiger charge is 2.29. The van der Waals surface area contributed by atoms with Crippen LogP contribution in [0.1, 0.15) is 32.3 Å². The zero-order valence-electron chi connectivity index (χ0n) is 12.6. The van der Waals surface area contributed by atoms with Crippen LogP contribution in [-0.4, -0.2) is 32.8 Å². The molecule has 1 aliphatic rings. The molecule has 0 radical (unpaired) electrons. The van der Waals surface area contributed by atoms with Crippen LogP contribution in [0.15, 0.2) is 23.1 Å². The average molecular weight is 325 g/mol. The van der Waals surface area contributed by atoms with Gasteiger partial charge in [0.15, 0.2) is 0 Å². The molecule has 2 atom stereocenters. The molecule has 1 heterocycles. The molecule has 0 fully saturated rings. The lowest BCUT2D eigenvalue weighted by Gasteiger charge is -2.14. The summed E-state index contributed by atoms with van der Waals surface area (Å²) in [7, 11) is -3.84. The van der Waals surface area contributed by atoms with E-state index in [-0.39, 0.29) is 10.8 Å². The van der Waals surface area contributed by atoms with Gasteiger partial charge in [-0.3, -0.25) is 9.59 Å². The Morgan fingerprint density at radius 2 is 2.09 bits per heavy atom. The van der Waals surface area contributed by atoms with E-state index in [9.17, 15) is 18.0 Å². The largest absolute Gasteiger partial charge is 0.355 e. The van der Waals surface area contributed by atoms with Crippen molar-refractivity contribution in [3.05, 3.63) is 23.8 Å². The summed E-state index contributed by atoms with van der Waals surface area (Å²) in [6.07, 6.45) is 0. The van der Waals surface area contributed by atoms with Crippen LogP contribution in [0.4, 0.5) is 5.69 Å². The molecule has 1 aromatic rings. The van der Waals surface area contributed by atoms with E-state index in [1.54, 1.807) is 19.9 Å². The second-order valence-corrected chi connectivity index (χ2v) is 6.91. The summed E-state index contributed by atoms with van der Waals surface area (Å²) < 4.78 is 27.0. The van der Waals surface area contributed by atoms with E-state index in [2.05, 4.69) is 15.4 Å². The van der Waals surface area contributed by atoms with Crippen molar-refractivity contribution in [2.24, 2.45) is 0 Å². The summed E-state index contributed by atoms with van der Waals surface area (Å²) in [5.74, 6) is -0.948. The lowest BCUT2D eigenvalue weighted by Crippen LogP contribution is -2.44. The summed E-state index contributed by atoms with van der Waals surface area (Å²) in [5.41, 5.74) is 1.26. The van der Waals surface area contributed by atoms with Crippen LogP contribution in [0.25, 0.3) is 0 Å². The normalized spacial score (nSPS) is 18.5. The molecule has 0 unspecified atom stereocenters. The second kappa shape index (κ2) is 6.05. The van der Waals surface area contributed by atoms with Gasteiger partial charge in [0.05, 0.1) is 16.9 Å². The Morgan fingerprint density at radius 3 is 2.73 bits per heavy atom. The molecular formula is C14H19N3O4S. The molecule has 0 saturated heterocycles. The molecule has 0 spiro atoms. The zero-order valence-corrected chi connectivity index (χ0v) is 13.5. The number of amides is 2. The molecule has 2 amide bonds. The third kappa shape index (κ3) is 3.12. The molecule has 120 valence electrons. The van der Waals surface area contributed by atoms with Gasteiger partial charge in [0.1, 0.15) is 0 Å². The maximum absolute atomic E-state index is 12.3. The SMILES string of the molecule is CCNC(=O)[C@H](C)NS(=O)(=O)c1ccc2c(c1)[C@H](C)C(=O)N2. The number of anilines is 1. The predicted molar refractivity (Wildman–Crippen MR) is 82.0 cm³/mol. The van der Waals surface area contributed by atoms with Crippen molar-refractivity contribution in [2.45, 2.75) is 37.6 Å². The average Bonchev–Trinajstić information content (AvgIpc) is 2.73. The Kier molecular flexibility index (Phi) is 4.52. The predicted octanol–water partition coefficient (Wildman–Crippen LogP) is 0.545. The molecule has 1 aliphatic heterocycles. The van der Waals surface area contributed by atoms with E-state index in [0.29, 0.717) is 17.8 Å². The highest BCUT2D eigenvalue weighted by atomic mass is 32.2. The van der Waals surface area contributed by atoms with Crippen LogP contribution in [0.5, 0.6) is 0 Å². The number of likely N-dealkylation sites (N-methyl/N-ethyl adjacent to an activating group) is 1. The Balaban J connectivity index is 2.24. The Labute approximate surface area is 129 Å². The van der Waals surface area contributed by atoms with E-state index in [1.807, 2.05) is 0 Å². The van der Waals surface area contributed by atoms with Crippen molar-refractivity contribution in [2.75, 3.05) is 11.9 Å². The van der Waals surface area contributed by atoms with Crippen LogP contribution in [0, 0.1) is 0 Å². The number of hydrogen-bond acceptors (Lipinski definition) is 4. The first kappa shape index (κ1) is 16.4. The topological polar surface area (TPSA) is 104 Å². The molecule has 22 heavy (non-hydrogen) atoms. The summed E-state index contributed by atoms with van der Waals surface area (Å²) >= 11 is 0. The van der Waals surface area contributed by atoms with Crippen molar-refractivity contribution in [1.82, 2.24) is 10.0 Å². The van der Waals surface area contributed by atoms with Gasteiger partial charge in [0, 0.05) is 12.2 Å². The molecule has 0 aromatic heterocycles. The minimum absolute atomic E-state index is 0.0331. The fraction of sp³-hybridized carbons (Fsp3) is 0.429. The number of benzene rings is 1. The van der Waals surface area contributed by atoms with Crippen LogP contribution in [0.3, 0.4) is 0 Å². The van der Waals surface area contributed by atoms with Crippen LogP contribution in [-0.2, 0) is 19.6 Å². The molecular weight excluding hydrogens is 306 g/mol. The quantitative estimate of drug-likeness (QED) is 0.735. The maximum Gasteiger partial charge on any atom is 0.241 e. The van der Waals surface area contributed by atoms with E-state index in [1.165, 1.54) is 19.1 Å². The number of fused-ring (bicyclic) bond motifs is 1. The minimum Gasteiger partial charge on any atom is -0.355 e. The Hall–Kier alpha value is -1.93. The van der Waals surface area contributed by atoms with Crippen LogP contribution in [0.2, 0.25) is 0 Å². The summed E-state index contributed by atoms with van der Waals surface area (Å²) in [6.45, 7) is 5.37. The van der Waals surface area contributed by atoms with E-state index in [0.717, 1.165) is 0 Å². The highest BCUT2D eigenvalue weighted by molar-refractivity contribution is 7.89. The number of carbonyl (C=O) groups excluding carboxylic acids is 2. The van der Waals surface area contributed by atoms with Gasteiger partial charge in [-0.15, -0.1) is 0 Å². The fourth-order valence-corrected chi connectivity index (χ4v) is 3.48. The van der Waals surface area contributed by atoms with Gasteiger partial charge in [-0.05, 0) is 44.5 Å². The number of hydrogen-bond donors (Lipinski definition) is 3. The van der Waals surface area contributed by atoms with Crippen LogP contribution >= 0.6 is 0 Å². The van der Waals surface area contributed by atoms with Gasteiger partial charge in [-0.1, -0.05) is 0 Å². The first-order valence-electron chi connectivity index (χ1n) is 7.01. The van der Waals surface area contributed by atoms with Gasteiger partial charge in [0.25, 0.3) is 0 Å². The van der Waals surface area contributed by atoms with Gasteiger partial charge >= 0.3 is 0 Å². The third-order valence-corrected chi connectivity index (χ3v) is 5.07. The summed E-state index contributed by atoms with van der Waals surface area (Å²) in [6, 6.07) is 3.55. The first-order chi connectivity index (χ1) is 10.3. The molecule has 0 aliphatic carbocycles. The molecule has 8 heteroatoms. The molecule has 3 N–H and O–H groups in total. The summed E-state index contributed by atoms with van der Waals surface area (Å²) in [4.78, 5) is 23.3. The molecule has 0 bridgehead atoms. The third-order valence-electron chi connectivity index (χ3n) is 3.53. The van der Waals surface area contributed by atoms with Crippen molar-refractivity contribution in [3.63, 3.8) is 0 Å². The van der Waals surface area contributed by atoms with E-state index >= 15 is 0 Å². The minimum atomic E-state index is -3.84. The zero-order chi connectivity index (χ0) is 16.5. The Bertz CT molecular complexity index is 715. The maximum atomic E-state index is 12.3. The first-order valence-corrected chi connectivity index (χ1v) is 8.49.